The van der Waals surface area contributed by atoms with Crippen LogP contribution in [-0.4, -0.2) is 67.3 Å². The van der Waals surface area contributed by atoms with Crippen LogP contribution in [0, 0.1) is 5.41 Å². The molecule has 0 saturated carbocycles. The fourth-order valence-electron chi connectivity index (χ4n) is 3.12. The topological polar surface area (TPSA) is 104 Å². The van der Waals surface area contributed by atoms with Crippen LogP contribution in [-0.2, 0) is 13.0 Å². The van der Waals surface area contributed by atoms with Crippen molar-refractivity contribution in [3.8, 4) is 11.1 Å². The molecule has 0 atom stereocenters. The van der Waals surface area contributed by atoms with E-state index in [0.29, 0.717) is 12.1 Å². The fourth-order valence-corrected chi connectivity index (χ4v) is 3.12. The molecule has 0 unspecified atom stereocenters. The summed E-state index contributed by atoms with van der Waals surface area (Å²) >= 11 is 0. The van der Waals surface area contributed by atoms with Crippen LogP contribution in [0.3, 0.4) is 0 Å². The van der Waals surface area contributed by atoms with Crippen molar-refractivity contribution >= 4 is 22.8 Å². The van der Waals surface area contributed by atoms with Crippen LogP contribution < -0.4 is 0 Å². The van der Waals surface area contributed by atoms with Gasteiger partial charge in [-0.1, -0.05) is 6.07 Å². The zero-order valence-electron chi connectivity index (χ0n) is 17.4. The summed E-state index contributed by atoms with van der Waals surface area (Å²) in [5, 5.41) is 24.0. The van der Waals surface area contributed by atoms with Crippen LogP contribution in [0.5, 0.6) is 0 Å². The van der Waals surface area contributed by atoms with Crippen LogP contribution >= 0.6 is 0 Å². The van der Waals surface area contributed by atoms with E-state index in [1.807, 2.05) is 23.1 Å². The Balaban J connectivity index is 1.56. The average Bonchev–Trinajstić information content (AvgIpc) is 3.22. The normalized spacial score (nSPS) is 12.2. The van der Waals surface area contributed by atoms with Crippen molar-refractivity contribution in [3.05, 3.63) is 54.2 Å². The number of aromatic amines is 1. The van der Waals surface area contributed by atoms with E-state index in [0.717, 1.165) is 46.5 Å². The molecule has 3 heterocycles. The van der Waals surface area contributed by atoms with Crippen LogP contribution in [0.2, 0.25) is 0 Å². The van der Waals surface area contributed by atoms with E-state index in [-0.39, 0.29) is 0 Å². The van der Waals surface area contributed by atoms with Crippen molar-refractivity contribution in [2.24, 2.45) is 5.10 Å². The standard InChI is InChI=1S/C21H25N9/c1-15(11-22)26-30-21(25-27-30)9-16-4-5-20-17(8-16)10-18(12-23-20)19-13-24-29(14-19)7-6-28(2)3/h4-5,8,10-14,22,27H,6-7,9H2,1-3H3/b22-11?,26-15-. The van der Waals surface area contributed by atoms with E-state index in [2.05, 4.69) is 68.9 Å². The Kier molecular flexibility index (Phi) is 5.53. The molecule has 3 aromatic heterocycles. The Morgan fingerprint density at radius 2 is 2.10 bits per heavy atom. The molecule has 9 heteroatoms. The Bertz CT molecular complexity index is 1190. The van der Waals surface area contributed by atoms with Crippen LogP contribution in [0.4, 0.5) is 0 Å². The van der Waals surface area contributed by atoms with Crippen molar-refractivity contribution in [2.75, 3.05) is 20.6 Å². The van der Waals surface area contributed by atoms with Gasteiger partial charge in [-0.3, -0.25) is 9.67 Å². The van der Waals surface area contributed by atoms with Gasteiger partial charge in [0, 0.05) is 48.1 Å². The summed E-state index contributed by atoms with van der Waals surface area (Å²) in [6, 6.07) is 8.36. The van der Waals surface area contributed by atoms with Gasteiger partial charge in [-0.25, -0.2) is 0 Å². The molecule has 0 aliphatic rings. The quantitative estimate of drug-likeness (QED) is 0.441. The van der Waals surface area contributed by atoms with Gasteiger partial charge in [0.05, 0.1) is 24.0 Å². The van der Waals surface area contributed by atoms with E-state index >= 15 is 0 Å². The first-order chi connectivity index (χ1) is 14.5. The molecule has 30 heavy (non-hydrogen) atoms. The summed E-state index contributed by atoms with van der Waals surface area (Å²) in [5.41, 5.74) is 4.78. The second-order valence-corrected chi connectivity index (χ2v) is 7.55. The second-order valence-electron chi connectivity index (χ2n) is 7.55. The molecular formula is C21H25N9. The monoisotopic (exact) mass is 403 g/mol. The summed E-state index contributed by atoms with van der Waals surface area (Å²) in [4.78, 5) is 8.35. The number of nitrogens with one attached hydrogen (secondary N) is 2. The maximum Gasteiger partial charge on any atom is 0.176 e. The van der Waals surface area contributed by atoms with Gasteiger partial charge in [0.15, 0.2) is 5.82 Å². The zero-order chi connectivity index (χ0) is 21.1. The van der Waals surface area contributed by atoms with Gasteiger partial charge in [0.2, 0.25) is 0 Å². The number of aromatic nitrogens is 6. The number of rotatable bonds is 8. The van der Waals surface area contributed by atoms with Crippen molar-refractivity contribution < 1.29 is 0 Å². The number of hydrogen-bond acceptors (Lipinski definition) is 6. The fraction of sp³-hybridized carbons (Fsp3) is 0.286. The SMILES string of the molecule is C/C(C=N)=N/n1[nH]nc1Cc1ccc2ncc(-c3cnn(CCN(C)C)c3)cc2c1. The Hall–Kier alpha value is -3.59. The lowest BCUT2D eigenvalue weighted by molar-refractivity contribution is 0.373. The molecule has 9 nitrogen and oxygen atoms in total. The van der Waals surface area contributed by atoms with Gasteiger partial charge in [-0.2, -0.15) is 15.4 Å². The number of likely N-dealkylation sites (N-methyl/N-ethyl adjacent to an activating group) is 1. The first kappa shape index (κ1) is 19.7. The lowest BCUT2D eigenvalue weighted by Crippen LogP contribution is -2.18. The predicted molar refractivity (Wildman–Crippen MR) is 118 cm³/mol. The highest BCUT2D eigenvalue weighted by Gasteiger charge is 2.09. The molecule has 0 spiro atoms. The molecule has 1 aromatic carbocycles. The molecule has 0 aliphatic carbocycles. The molecule has 2 N–H and O–H groups in total. The molecule has 0 amide bonds. The Morgan fingerprint density at radius 1 is 1.23 bits per heavy atom. The second kappa shape index (κ2) is 8.42. The average molecular weight is 403 g/mol. The van der Waals surface area contributed by atoms with E-state index in [1.165, 1.54) is 6.21 Å². The summed E-state index contributed by atoms with van der Waals surface area (Å²) < 4.78 is 1.96. The van der Waals surface area contributed by atoms with Crippen LogP contribution in [0.1, 0.15) is 18.3 Å². The van der Waals surface area contributed by atoms with Crippen LogP contribution in [0.15, 0.2) is 48.0 Å². The third-order valence-electron chi connectivity index (χ3n) is 4.84. The highest BCUT2D eigenvalue weighted by atomic mass is 15.6. The molecule has 0 saturated heterocycles. The molecule has 4 rings (SSSR count). The van der Waals surface area contributed by atoms with E-state index in [1.54, 1.807) is 11.7 Å². The van der Waals surface area contributed by atoms with Crippen molar-refractivity contribution in [1.29, 1.82) is 5.41 Å². The number of nitrogens with zero attached hydrogens (tertiary/aromatic N) is 7. The van der Waals surface area contributed by atoms with Gasteiger partial charge >= 0.3 is 0 Å². The Morgan fingerprint density at radius 3 is 2.83 bits per heavy atom. The maximum absolute atomic E-state index is 7.25. The number of H-pyrrole nitrogens is 1. The smallest absolute Gasteiger partial charge is 0.176 e. The van der Waals surface area contributed by atoms with Gasteiger partial charge in [-0.15, -0.1) is 9.89 Å². The number of pyridine rings is 1. The lowest BCUT2D eigenvalue weighted by atomic mass is 10.0. The Labute approximate surface area is 174 Å². The predicted octanol–water partition coefficient (Wildman–Crippen LogP) is 2.65. The zero-order valence-corrected chi connectivity index (χ0v) is 17.4. The van der Waals surface area contributed by atoms with Crippen molar-refractivity contribution in [2.45, 2.75) is 19.9 Å². The highest BCUT2D eigenvalue weighted by Crippen LogP contribution is 2.24. The molecule has 0 bridgehead atoms. The summed E-state index contributed by atoms with van der Waals surface area (Å²) in [7, 11) is 4.11. The molecule has 154 valence electrons. The lowest BCUT2D eigenvalue weighted by Gasteiger charge is -2.11. The van der Waals surface area contributed by atoms with E-state index in [9.17, 15) is 0 Å². The van der Waals surface area contributed by atoms with E-state index < -0.39 is 0 Å². The van der Waals surface area contributed by atoms with E-state index in [4.69, 9.17) is 5.41 Å². The molecule has 4 aromatic rings. The molecule has 0 radical (unpaired) electrons. The van der Waals surface area contributed by atoms with Crippen molar-refractivity contribution in [1.82, 2.24) is 34.8 Å². The largest absolute Gasteiger partial charge is 0.308 e. The number of fused-ring (bicyclic) bond motifs is 1. The van der Waals surface area contributed by atoms with Gasteiger partial charge < -0.3 is 10.3 Å². The first-order valence-electron chi connectivity index (χ1n) is 9.76. The van der Waals surface area contributed by atoms with Gasteiger partial charge in [-0.05, 0) is 44.8 Å². The molecular weight excluding hydrogens is 378 g/mol. The van der Waals surface area contributed by atoms with Crippen LogP contribution in [0.25, 0.3) is 22.0 Å². The third kappa shape index (κ3) is 4.36. The minimum atomic E-state index is 0.605. The summed E-state index contributed by atoms with van der Waals surface area (Å²) in [6.45, 7) is 3.57. The van der Waals surface area contributed by atoms with Crippen molar-refractivity contribution in [3.63, 3.8) is 0 Å². The molecule has 0 aliphatic heterocycles. The summed E-state index contributed by atoms with van der Waals surface area (Å²) in [5.74, 6) is 0.807. The minimum Gasteiger partial charge on any atom is -0.308 e. The minimum absolute atomic E-state index is 0.605. The summed E-state index contributed by atoms with van der Waals surface area (Å²) in [6.07, 6.45) is 7.70. The van der Waals surface area contributed by atoms with Gasteiger partial charge in [0.1, 0.15) is 0 Å². The maximum atomic E-state index is 7.25. The highest BCUT2D eigenvalue weighted by molar-refractivity contribution is 6.28. The number of hydrogen-bond donors (Lipinski definition) is 2. The molecule has 0 fully saturated rings. The number of benzene rings is 1. The van der Waals surface area contributed by atoms with Gasteiger partial charge in [0.25, 0.3) is 0 Å². The third-order valence-corrected chi connectivity index (χ3v) is 4.84. The first-order valence-corrected chi connectivity index (χ1v) is 9.76.